The van der Waals surface area contributed by atoms with Crippen LogP contribution in [-0.4, -0.2) is 30.7 Å². The smallest absolute Gasteiger partial charge is 0.237 e. The van der Waals surface area contributed by atoms with Gasteiger partial charge in [0.05, 0.1) is 11.6 Å². The number of nitrogens with one attached hydrogen (secondary N) is 1. The number of nitrogens with two attached hydrogens (primary N) is 1. The Morgan fingerprint density at radius 3 is 2.53 bits per heavy atom. The summed E-state index contributed by atoms with van der Waals surface area (Å²) >= 11 is 0. The minimum atomic E-state index is -0.396. The van der Waals surface area contributed by atoms with Gasteiger partial charge in [-0.25, -0.2) is 0 Å². The van der Waals surface area contributed by atoms with E-state index in [9.17, 15) is 4.79 Å². The number of rotatable bonds is 7. The minimum absolute atomic E-state index is 0.0929. The second-order valence-corrected chi connectivity index (χ2v) is 4.31. The van der Waals surface area contributed by atoms with Gasteiger partial charge >= 0.3 is 0 Å². The second kappa shape index (κ2) is 6.80. The topological polar surface area (TPSA) is 64.4 Å². The highest BCUT2D eigenvalue weighted by Crippen LogP contribution is 2.06. The summed E-state index contributed by atoms with van der Waals surface area (Å²) in [6.45, 7) is 8.98. The third-order valence-corrected chi connectivity index (χ3v) is 2.16. The third kappa shape index (κ3) is 6.47. The fourth-order valence-corrected chi connectivity index (χ4v) is 1.31. The predicted molar refractivity (Wildman–Crippen MR) is 61.6 cm³/mol. The van der Waals surface area contributed by atoms with E-state index in [1.807, 2.05) is 27.7 Å². The first-order valence-corrected chi connectivity index (χ1v) is 5.60. The molecule has 0 unspecified atom stereocenters. The van der Waals surface area contributed by atoms with E-state index in [4.69, 9.17) is 10.5 Å². The van der Waals surface area contributed by atoms with Crippen LogP contribution < -0.4 is 11.1 Å². The summed E-state index contributed by atoms with van der Waals surface area (Å²) in [5.74, 6) is -0.0929. The molecule has 0 saturated heterocycles. The average Bonchev–Trinajstić information content (AvgIpc) is 2.14. The third-order valence-electron chi connectivity index (χ3n) is 2.16. The predicted octanol–water partition coefficient (Wildman–Crippen LogP) is 1.05. The largest absolute Gasteiger partial charge is 0.374 e. The van der Waals surface area contributed by atoms with Crippen molar-refractivity contribution in [1.29, 1.82) is 0 Å². The summed E-state index contributed by atoms with van der Waals surface area (Å²) in [5, 5.41) is 2.80. The quantitative estimate of drug-likeness (QED) is 0.668. The van der Waals surface area contributed by atoms with Crippen LogP contribution in [0.1, 0.15) is 40.5 Å². The van der Waals surface area contributed by atoms with E-state index >= 15 is 0 Å². The summed E-state index contributed by atoms with van der Waals surface area (Å²) in [6.07, 6.45) is 1.64. The number of carbonyl (C=O) groups is 1. The maximum atomic E-state index is 11.5. The van der Waals surface area contributed by atoms with Crippen LogP contribution in [0.4, 0.5) is 0 Å². The lowest BCUT2D eigenvalue weighted by Crippen LogP contribution is -2.46. The maximum absolute atomic E-state index is 11.5. The number of carbonyl (C=O) groups excluding carboxylic acids is 1. The van der Waals surface area contributed by atoms with E-state index in [0.717, 1.165) is 12.8 Å². The van der Waals surface area contributed by atoms with Crippen LogP contribution in [0.3, 0.4) is 0 Å². The Morgan fingerprint density at radius 1 is 1.47 bits per heavy atom. The highest BCUT2D eigenvalue weighted by Gasteiger charge is 2.20. The van der Waals surface area contributed by atoms with Gasteiger partial charge < -0.3 is 15.8 Å². The molecule has 1 atom stereocenters. The zero-order valence-corrected chi connectivity index (χ0v) is 10.3. The van der Waals surface area contributed by atoms with E-state index in [1.165, 1.54) is 0 Å². The van der Waals surface area contributed by atoms with Gasteiger partial charge in [0.1, 0.15) is 0 Å². The Labute approximate surface area is 92.6 Å². The Balaban J connectivity index is 3.88. The number of hydrogen-bond donors (Lipinski definition) is 2. The molecule has 1 amide bonds. The number of hydrogen-bond acceptors (Lipinski definition) is 3. The van der Waals surface area contributed by atoms with E-state index in [-0.39, 0.29) is 11.5 Å². The van der Waals surface area contributed by atoms with Crippen LogP contribution in [0, 0.1) is 0 Å². The van der Waals surface area contributed by atoms with Crippen LogP contribution >= 0.6 is 0 Å². The van der Waals surface area contributed by atoms with Gasteiger partial charge in [-0.3, -0.25) is 4.79 Å². The highest BCUT2D eigenvalue weighted by atomic mass is 16.5. The van der Waals surface area contributed by atoms with Crippen molar-refractivity contribution in [3.05, 3.63) is 0 Å². The molecule has 0 fully saturated rings. The zero-order valence-electron chi connectivity index (χ0n) is 10.3. The van der Waals surface area contributed by atoms with Crippen LogP contribution in [0.15, 0.2) is 0 Å². The molecule has 0 aliphatic heterocycles. The molecule has 0 aromatic heterocycles. The van der Waals surface area contributed by atoms with Gasteiger partial charge in [-0.2, -0.15) is 0 Å². The molecule has 15 heavy (non-hydrogen) atoms. The van der Waals surface area contributed by atoms with E-state index < -0.39 is 6.04 Å². The molecule has 0 saturated carbocycles. The molecule has 0 radical (unpaired) electrons. The van der Waals surface area contributed by atoms with E-state index in [2.05, 4.69) is 5.32 Å². The zero-order chi connectivity index (χ0) is 11.9. The molecule has 0 aromatic carbocycles. The van der Waals surface area contributed by atoms with Crippen molar-refractivity contribution in [2.75, 3.05) is 13.2 Å². The van der Waals surface area contributed by atoms with Gasteiger partial charge in [-0.1, -0.05) is 13.3 Å². The molecule has 0 aromatic rings. The van der Waals surface area contributed by atoms with Gasteiger partial charge in [0.25, 0.3) is 0 Å². The standard InChI is InChI=1S/C11H24N2O2/c1-5-7-9(12)10(14)13-8-11(3,4)15-6-2/h9H,5-8,12H2,1-4H3,(H,13,14)/t9-/m0/s1. The second-order valence-electron chi connectivity index (χ2n) is 4.31. The van der Waals surface area contributed by atoms with Gasteiger partial charge in [0.2, 0.25) is 5.91 Å². The summed E-state index contributed by atoms with van der Waals surface area (Å²) in [7, 11) is 0. The van der Waals surface area contributed by atoms with Crippen LogP contribution in [0.2, 0.25) is 0 Å². The molecule has 3 N–H and O–H groups in total. The summed E-state index contributed by atoms with van der Waals surface area (Å²) in [5.41, 5.74) is 5.36. The number of amides is 1. The van der Waals surface area contributed by atoms with Gasteiger partial charge in [0.15, 0.2) is 0 Å². The van der Waals surface area contributed by atoms with Crippen molar-refractivity contribution in [1.82, 2.24) is 5.32 Å². The van der Waals surface area contributed by atoms with Crippen molar-refractivity contribution in [2.45, 2.75) is 52.2 Å². The van der Waals surface area contributed by atoms with Gasteiger partial charge in [0, 0.05) is 13.2 Å². The molecule has 90 valence electrons. The summed E-state index contributed by atoms with van der Waals surface area (Å²) in [4.78, 5) is 11.5. The number of ether oxygens (including phenoxy) is 1. The molecule has 4 nitrogen and oxygen atoms in total. The Bertz CT molecular complexity index is 193. The Kier molecular flexibility index (Phi) is 6.52. The van der Waals surface area contributed by atoms with Crippen LogP contribution in [-0.2, 0) is 9.53 Å². The minimum Gasteiger partial charge on any atom is -0.374 e. The van der Waals surface area contributed by atoms with Crippen LogP contribution in [0.25, 0.3) is 0 Å². The van der Waals surface area contributed by atoms with Crippen molar-refractivity contribution in [2.24, 2.45) is 5.73 Å². The lowest BCUT2D eigenvalue weighted by Gasteiger charge is -2.25. The normalized spacial score (nSPS) is 13.7. The van der Waals surface area contributed by atoms with Crippen molar-refractivity contribution in [3.8, 4) is 0 Å². The average molecular weight is 216 g/mol. The molecule has 0 heterocycles. The summed E-state index contributed by atoms with van der Waals surface area (Å²) < 4.78 is 5.46. The lowest BCUT2D eigenvalue weighted by atomic mass is 10.1. The SMILES string of the molecule is CCC[C@H](N)C(=O)NCC(C)(C)OCC. The fourth-order valence-electron chi connectivity index (χ4n) is 1.31. The van der Waals surface area contributed by atoms with Crippen LogP contribution in [0.5, 0.6) is 0 Å². The molecule has 0 spiro atoms. The molecule has 4 heteroatoms. The molecular weight excluding hydrogens is 192 g/mol. The first-order valence-electron chi connectivity index (χ1n) is 5.60. The lowest BCUT2D eigenvalue weighted by molar-refractivity contribution is -0.124. The maximum Gasteiger partial charge on any atom is 0.237 e. The molecule has 0 bridgehead atoms. The van der Waals surface area contributed by atoms with E-state index in [0.29, 0.717) is 13.2 Å². The van der Waals surface area contributed by atoms with Gasteiger partial charge in [-0.15, -0.1) is 0 Å². The van der Waals surface area contributed by atoms with Crippen molar-refractivity contribution < 1.29 is 9.53 Å². The van der Waals surface area contributed by atoms with E-state index in [1.54, 1.807) is 0 Å². The molecule has 0 aliphatic rings. The highest BCUT2D eigenvalue weighted by molar-refractivity contribution is 5.81. The monoisotopic (exact) mass is 216 g/mol. The van der Waals surface area contributed by atoms with Crippen molar-refractivity contribution in [3.63, 3.8) is 0 Å². The molecular formula is C11H24N2O2. The van der Waals surface area contributed by atoms with Gasteiger partial charge in [-0.05, 0) is 27.2 Å². The van der Waals surface area contributed by atoms with Crippen molar-refractivity contribution >= 4 is 5.91 Å². The first-order chi connectivity index (χ1) is 6.93. The Hall–Kier alpha value is -0.610. The molecule has 0 rings (SSSR count). The fraction of sp³-hybridized carbons (Fsp3) is 0.909. The first kappa shape index (κ1) is 14.4. The molecule has 0 aliphatic carbocycles. The summed E-state index contributed by atoms with van der Waals surface area (Å²) in [6, 6.07) is -0.396. The Morgan fingerprint density at radius 2 is 2.07 bits per heavy atom.